The van der Waals surface area contributed by atoms with E-state index in [1.807, 2.05) is 11.5 Å². The molecule has 0 radical (unpaired) electrons. The molecule has 1 aromatic heterocycles. The lowest BCUT2D eigenvalue weighted by Gasteiger charge is -2.13. The smallest absolute Gasteiger partial charge is 0.234 e. The average Bonchev–Trinajstić information content (AvgIpc) is 3.24. The number of rotatable bonds is 12. The minimum Gasteiger partial charge on any atom is -0.495 e. The van der Waals surface area contributed by atoms with Gasteiger partial charge in [0.2, 0.25) is 5.91 Å². The predicted octanol–water partition coefficient (Wildman–Crippen LogP) is 6.02. The summed E-state index contributed by atoms with van der Waals surface area (Å²) in [7, 11) is 3.01. The summed E-state index contributed by atoms with van der Waals surface area (Å²) < 4.78 is 18.2. The van der Waals surface area contributed by atoms with Crippen LogP contribution in [0, 0.1) is 0 Å². The van der Waals surface area contributed by atoms with E-state index in [2.05, 4.69) is 15.5 Å². The lowest BCUT2D eigenvalue weighted by atomic mass is 10.2. The topological polar surface area (TPSA) is 87.5 Å². The van der Waals surface area contributed by atoms with Crippen LogP contribution in [0.5, 0.6) is 17.2 Å². The maximum Gasteiger partial charge on any atom is 0.234 e. The highest BCUT2D eigenvalue weighted by molar-refractivity contribution is 7.99. The fourth-order valence-corrected chi connectivity index (χ4v) is 4.72. The number of thioether (sulfide) groups is 1. The van der Waals surface area contributed by atoms with Gasteiger partial charge in [0.15, 0.2) is 5.16 Å². The third kappa shape index (κ3) is 7.33. The van der Waals surface area contributed by atoms with Gasteiger partial charge in [-0.05, 0) is 31.5 Å². The number of ether oxygens (including phenoxy) is 3. The molecule has 8 nitrogen and oxygen atoms in total. The van der Waals surface area contributed by atoms with E-state index in [9.17, 15) is 4.79 Å². The molecule has 0 saturated carbocycles. The van der Waals surface area contributed by atoms with Gasteiger partial charge in [0.25, 0.3) is 0 Å². The number of aromatic nitrogens is 3. The number of hydrogen-bond donors (Lipinski definition) is 1. The third-order valence-electron chi connectivity index (χ3n) is 4.89. The van der Waals surface area contributed by atoms with Crippen molar-refractivity contribution in [1.82, 2.24) is 14.8 Å². The standard InChI is InChI=1S/C23H25Cl3N4O4S/c1-4-30-21(6-5-9-34-18-8-7-14(24)10-15(18)25)28-29-23(30)35-13-22(31)27-17-12-19(32-2)16(26)11-20(17)33-3/h7-8,10-12H,4-6,9,13H2,1-3H3,(H,27,31). The molecule has 2 aromatic carbocycles. The molecule has 3 aromatic rings. The highest BCUT2D eigenvalue weighted by Gasteiger charge is 2.16. The van der Waals surface area contributed by atoms with E-state index in [0.717, 1.165) is 12.2 Å². The highest BCUT2D eigenvalue weighted by atomic mass is 35.5. The van der Waals surface area contributed by atoms with Gasteiger partial charge in [0.05, 0.1) is 42.3 Å². The zero-order valence-corrected chi connectivity index (χ0v) is 22.5. The fourth-order valence-electron chi connectivity index (χ4n) is 3.21. The second-order valence-electron chi connectivity index (χ2n) is 7.19. The second kappa shape index (κ2) is 13.1. The number of methoxy groups -OCH3 is 2. The summed E-state index contributed by atoms with van der Waals surface area (Å²) in [5.74, 6) is 2.21. The number of carbonyl (C=O) groups excluding carboxylic acids is 1. The largest absolute Gasteiger partial charge is 0.495 e. The van der Waals surface area contributed by atoms with E-state index in [1.165, 1.54) is 26.0 Å². The van der Waals surface area contributed by atoms with Gasteiger partial charge in [-0.2, -0.15) is 0 Å². The van der Waals surface area contributed by atoms with E-state index in [-0.39, 0.29) is 11.7 Å². The lowest BCUT2D eigenvalue weighted by Crippen LogP contribution is -2.15. The van der Waals surface area contributed by atoms with Crippen LogP contribution >= 0.6 is 46.6 Å². The molecule has 0 aliphatic heterocycles. The van der Waals surface area contributed by atoms with Crippen molar-refractivity contribution < 1.29 is 19.0 Å². The zero-order chi connectivity index (χ0) is 25.4. The molecule has 1 amide bonds. The molecule has 1 N–H and O–H groups in total. The number of anilines is 1. The molecule has 0 bridgehead atoms. The molecule has 0 unspecified atom stereocenters. The minimum atomic E-state index is -0.224. The molecule has 0 aliphatic rings. The first-order valence-corrected chi connectivity index (χ1v) is 12.8. The Balaban J connectivity index is 1.54. The first-order valence-electron chi connectivity index (χ1n) is 10.7. The SMILES string of the molecule is CCn1c(CCCOc2ccc(Cl)cc2Cl)nnc1SCC(=O)Nc1cc(OC)c(Cl)cc1OC. The van der Waals surface area contributed by atoms with Crippen molar-refractivity contribution in [3.05, 3.63) is 51.2 Å². The number of carbonyl (C=O) groups is 1. The van der Waals surface area contributed by atoms with Crippen LogP contribution in [0.2, 0.25) is 15.1 Å². The quantitative estimate of drug-likeness (QED) is 0.214. The molecule has 3 rings (SSSR count). The van der Waals surface area contributed by atoms with Crippen molar-refractivity contribution in [1.29, 1.82) is 0 Å². The molecule has 0 saturated heterocycles. The van der Waals surface area contributed by atoms with E-state index in [1.54, 1.807) is 30.3 Å². The van der Waals surface area contributed by atoms with Crippen LogP contribution in [-0.4, -0.2) is 47.3 Å². The van der Waals surface area contributed by atoms with Crippen molar-refractivity contribution in [2.24, 2.45) is 0 Å². The Hall–Kier alpha value is -2.33. The third-order valence-corrected chi connectivity index (χ3v) is 6.68. The fraction of sp³-hybridized carbons (Fsp3) is 0.348. The Morgan fingerprint density at radius 1 is 1.03 bits per heavy atom. The Morgan fingerprint density at radius 2 is 1.77 bits per heavy atom. The summed E-state index contributed by atoms with van der Waals surface area (Å²) in [5.41, 5.74) is 0.470. The number of aryl methyl sites for hydroxylation is 1. The highest BCUT2D eigenvalue weighted by Crippen LogP contribution is 2.36. The molecule has 0 atom stereocenters. The lowest BCUT2D eigenvalue weighted by molar-refractivity contribution is -0.113. The number of hydrogen-bond acceptors (Lipinski definition) is 7. The summed E-state index contributed by atoms with van der Waals surface area (Å²) in [6.07, 6.45) is 1.39. The Labute approximate surface area is 223 Å². The number of halogens is 3. The average molecular weight is 560 g/mol. The van der Waals surface area contributed by atoms with Gasteiger partial charge >= 0.3 is 0 Å². The summed E-state index contributed by atoms with van der Waals surface area (Å²) in [5, 5.41) is 13.5. The zero-order valence-electron chi connectivity index (χ0n) is 19.4. The summed E-state index contributed by atoms with van der Waals surface area (Å²) >= 11 is 19.5. The van der Waals surface area contributed by atoms with Crippen LogP contribution in [0.15, 0.2) is 35.5 Å². The molecule has 188 valence electrons. The summed E-state index contributed by atoms with van der Waals surface area (Å²) in [4.78, 5) is 12.6. The Kier molecular flexibility index (Phi) is 10.2. The molecule has 0 fully saturated rings. The normalized spacial score (nSPS) is 10.8. The van der Waals surface area contributed by atoms with Crippen LogP contribution in [0.3, 0.4) is 0 Å². The van der Waals surface area contributed by atoms with Crippen LogP contribution in [0.1, 0.15) is 19.2 Å². The van der Waals surface area contributed by atoms with Crippen LogP contribution in [0.25, 0.3) is 0 Å². The maximum absolute atomic E-state index is 12.6. The van der Waals surface area contributed by atoms with Gasteiger partial charge in [-0.25, -0.2) is 0 Å². The first kappa shape index (κ1) is 27.3. The van der Waals surface area contributed by atoms with Gasteiger partial charge in [-0.3, -0.25) is 4.79 Å². The summed E-state index contributed by atoms with van der Waals surface area (Å²) in [6, 6.07) is 8.33. The van der Waals surface area contributed by atoms with E-state index in [4.69, 9.17) is 49.0 Å². The Morgan fingerprint density at radius 3 is 2.46 bits per heavy atom. The van der Waals surface area contributed by atoms with Crippen molar-refractivity contribution in [2.75, 3.05) is 31.9 Å². The van der Waals surface area contributed by atoms with Crippen molar-refractivity contribution >= 4 is 58.2 Å². The van der Waals surface area contributed by atoms with Gasteiger partial charge in [-0.15, -0.1) is 10.2 Å². The van der Waals surface area contributed by atoms with Crippen molar-refractivity contribution in [3.8, 4) is 17.2 Å². The maximum atomic E-state index is 12.6. The van der Waals surface area contributed by atoms with Gasteiger partial charge < -0.3 is 24.1 Å². The van der Waals surface area contributed by atoms with Crippen molar-refractivity contribution in [3.63, 3.8) is 0 Å². The first-order chi connectivity index (χ1) is 16.9. The van der Waals surface area contributed by atoms with Gasteiger partial charge in [0.1, 0.15) is 23.1 Å². The van der Waals surface area contributed by atoms with E-state index in [0.29, 0.717) is 62.7 Å². The molecule has 0 spiro atoms. The second-order valence-corrected chi connectivity index (χ2v) is 9.39. The Bertz CT molecular complexity index is 1180. The number of benzene rings is 2. The minimum absolute atomic E-state index is 0.143. The van der Waals surface area contributed by atoms with E-state index >= 15 is 0 Å². The number of amides is 1. The molecule has 0 aliphatic carbocycles. The number of nitrogens with one attached hydrogen (secondary N) is 1. The number of nitrogens with zero attached hydrogens (tertiary/aromatic N) is 3. The predicted molar refractivity (Wildman–Crippen MR) is 140 cm³/mol. The molecular weight excluding hydrogens is 535 g/mol. The van der Waals surface area contributed by atoms with E-state index < -0.39 is 0 Å². The molecule has 12 heteroatoms. The van der Waals surface area contributed by atoms with Crippen LogP contribution in [-0.2, 0) is 17.8 Å². The van der Waals surface area contributed by atoms with Crippen LogP contribution in [0.4, 0.5) is 5.69 Å². The van der Waals surface area contributed by atoms with Gasteiger partial charge in [0, 0.05) is 30.1 Å². The van der Waals surface area contributed by atoms with Crippen LogP contribution < -0.4 is 19.5 Å². The molecule has 1 heterocycles. The van der Waals surface area contributed by atoms with Gasteiger partial charge in [-0.1, -0.05) is 46.6 Å². The van der Waals surface area contributed by atoms with Crippen molar-refractivity contribution in [2.45, 2.75) is 31.5 Å². The molecule has 35 heavy (non-hydrogen) atoms. The molecular formula is C23H25Cl3N4O4S. The monoisotopic (exact) mass is 558 g/mol. The summed E-state index contributed by atoms with van der Waals surface area (Å²) in [6.45, 7) is 3.15.